The first kappa shape index (κ1) is 9.73. The van der Waals surface area contributed by atoms with Crippen LogP contribution in [-0.4, -0.2) is 11.8 Å². The standard InChI is InChI=1S/C8H7BrN2O2/c9-6-2-1-4(7(10)12)3-5(6)8(11)13/h1-3H,(H2,10,12)(H2,11,13). The highest BCUT2D eigenvalue weighted by Gasteiger charge is 2.09. The zero-order chi connectivity index (χ0) is 10.0. The van der Waals surface area contributed by atoms with Crippen molar-refractivity contribution in [1.29, 1.82) is 0 Å². The summed E-state index contributed by atoms with van der Waals surface area (Å²) in [5, 5.41) is 0. The van der Waals surface area contributed by atoms with Gasteiger partial charge < -0.3 is 11.5 Å². The van der Waals surface area contributed by atoms with Crippen LogP contribution in [-0.2, 0) is 0 Å². The lowest BCUT2D eigenvalue weighted by Gasteiger charge is -2.01. The molecule has 0 heterocycles. The lowest BCUT2D eigenvalue weighted by molar-refractivity contribution is 0.0998. The van der Waals surface area contributed by atoms with E-state index in [9.17, 15) is 9.59 Å². The SMILES string of the molecule is NC(=O)c1ccc(Br)c(C(N)=O)c1. The third-order valence-electron chi connectivity index (χ3n) is 1.52. The molecule has 1 rings (SSSR count). The molecule has 1 aromatic carbocycles. The van der Waals surface area contributed by atoms with Gasteiger partial charge in [0.1, 0.15) is 0 Å². The quantitative estimate of drug-likeness (QED) is 0.798. The summed E-state index contributed by atoms with van der Waals surface area (Å²) in [6.07, 6.45) is 0. The van der Waals surface area contributed by atoms with E-state index in [1.807, 2.05) is 0 Å². The van der Waals surface area contributed by atoms with E-state index in [0.717, 1.165) is 0 Å². The minimum absolute atomic E-state index is 0.247. The van der Waals surface area contributed by atoms with Crippen molar-refractivity contribution in [2.24, 2.45) is 11.5 Å². The first-order valence-corrected chi connectivity index (χ1v) is 4.21. The molecular weight excluding hydrogens is 236 g/mol. The number of rotatable bonds is 2. The summed E-state index contributed by atoms with van der Waals surface area (Å²) < 4.78 is 0.546. The van der Waals surface area contributed by atoms with Gasteiger partial charge in [-0.3, -0.25) is 9.59 Å². The lowest BCUT2D eigenvalue weighted by atomic mass is 10.1. The lowest BCUT2D eigenvalue weighted by Crippen LogP contribution is -2.15. The van der Waals surface area contributed by atoms with E-state index < -0.39 is 11.8 Å². The smallest absolute Gasteiger partial charge is 0.249 e. The second kappa shape index (κ2) is 3.57. The van der Waals surface area contributed by atoms with Gasteiger partial charge in [0.25, 0.3) is 0 Å². The Balaban J connectivity index is 3.27. The highest BCUT2D eigenvalue weighted by atomic mass is 79.9. The molecule has 0 saturated heterocycles. The topological polar surface area (TPSA) is 86.2 Å². The van der Waals surface area contributed by atoms with Crippen LogP contribution in [0.4, 0.5) is 0 Å². The van der Waals surface area contributed by atoms with Crippen LogP contribution < -0.4 is 11.5 Å². The van der Waals surface area contributed by atoms with Crippen molar-refractivity contribution in [2.45, 2.75) is 0 Å². The van der Waals surface area contributed by atoms with Crippen molar-refractivity contribution < 1.29 is 9.59 Å². The van der Waals surface area contributed by atoms with Crippen LogP contribution in [0, 0.1) is 0 Å². The molecule has 0 aliphatic rings. The summed E-state index contributed by atoms with van der Waals surface area (Å²) in [6.45, 7) is 0. The largest absolute Gasteiger partial charge is 0.366 e. The van der Waals surface area contributed by atoms with Crippen molar-refractivity contribution in [1.82, 2.24) is 0 Å². The molecule has 13 heavy (non-hydrogen) atoms. The predicted molar refractivity (Wildman–Crippen MR) is 51.2 cm³/mol. The number of primary amides is 2. The Morgan fingerprint density at radius 3 is 2.23 bits per heavy atom. The van der Waals surface area contributed by atoms with Crippen LogP contribution in [0.1, 0.15) is 20.7 Å². The molecule has 0 saturated carbocycles. The number of amides is 2. The van der Waals surface area contributed by atoms with Crippen LogP contribution >= 0.6 is 15.9 Å². The van der Waals surface area contributed by atoms with Crippen LogP contribution in [0.3, 0.4) is 0 Å². The van der Waals surface area contributed by atoms with E-state index in [0.29, 0.717) is 4.47 Å². The van der Waals surface area contributed by atoms with Crippen molar-refractivity contribution in [3.8, 4) is 0 Å². The summed E-state index contributed by atoms with van der Waals surface area (Å²) in [6, 6.07) is 4.42. The first-order valence-electron chi connectivity index (χ1n) is 3.41. The molecule has 2 amide bonds. The van der Waals surface area contributed by atoms with Gasteiger partial charge >= 0.3 is 0 Å². The first-order chi connectivity index (χ1) is 6.02. The fourth-order valence-electron chi connectivity index (χ4n) is 0.867. The number of carbonyl (C=O) groups is 2. The maximum Gasteiger partial charge on any atom is 0.249 e. The van der Waals surface area contributed by atoms with Gasteiger partial charge in [0, 0.05) is 10.0 Å². The van der Waals surface area contributed by atoms with E-state index in [1.165, 1.54) is 12.1 Å². The van der Waals surface area contributed by atoms with Gasteiger partial charge in [0.2, 0.25) is 11.8 Å². The van der Waals surface area contributed by atoms with Gasteiger partial charge in [-0.15, -0.1) is 0 Å². The van der Waals surface area contributed by atoms with E-state index in [1.54, 1.807) is 6.07 Å². The third kappa shape index (κ3) is 2.06. The highest BCUT2D eigenvalue weighted by molar-refractivity contribution is 9.10. The van der Waals surface area contributed by atoms with Gasteiger partial charge in [-0.2, -0.15) is 0 Å². The second-order valence-corrected chi connectivity index (χ2v) is 3.28. The zero-order valence-corrected chi connectivity index (χ0v) is 8.17. The molecule has 5 heteroatoms. The number of halogens is 1. The number of carbonyl (C=O) groups excluding carboxylic acids is 2. The molecule has 0 radical (unpaired) electrons. The van der Waals surface area contributed by atoms with Gasteiger partial charge in [0.05, 0.1) is 5.56 Å². The van der Waals surface area contributed by atoms with E-state index in [4.69, 9.17) is 11.5 Å². The molecule has 0 spiro atoms. The summed E-state index contributed by atoms with van der Waals surface area (Å²) in [4.78, 5) is 21.6. The average Bonchev–Trinajstić information content (AvgIpc) is 2.04. The Labute approximate surface area is 83.0 Å². The molecule has 0 aliphatic carbocycles. The molecule has 0 fully saturated rings. The normalized spacial score (nSPS) is 9.62. The van der Waals surface area contributed by atoms with Gasteiger partial charge in [-0.25, -0.2) is 0 Å². The predicted octanol–water partition coefficient (Wildman–Crippen LogP) is 0.647. The number of nitrogens with two attached hydrogens (primary N) is 2. The summed E-state index contributed by atoms with van der Waals surface area (Å²) in [5.41, 5.74) is 10.6. The molecule has 0 aliphatic heterocycles. The molecule has 68 valence electrons. The van der Waals surface area contributed by atoms with Gasteiger partial charge in [-0.05, 0) is 34.1 Å². The Kier molecular flexibility index (Phi) is 2.67. The second-order valence-electron chi connectivity index (χ2n) is 2.42. The molecule has 0 aromatic heterocycles. The summed E-state index contributed by atoms with van der Waals surface area (Å²) in [7, 11) is 0. The minimum Gasteiger partial charge on any atom is -0.366 e. The number of benzene rings is 1. The third-order valence-corrected chi connectivity index (χ3v) is 2.21. The molecule has 4 nitrogen and oxygen atoms in total. The maximum absolute atomic E-state index is 10.8. The van der Waals surface area contributed by atoms with Crippen molar-refractivity contribution >= 4 is 27.7 Å². The number of hydrogen-bond donors (Lipinski definition) is 2. The van der Waals surface area contributed by atoms with E-state index >= 15 is 0 Å². The highest BCUT2D eigenvalue weighted by Crippen LogP contribution is 2.17. The van der Waals surface area contributed by atoms with Crippen LogP contribution in [0.15, 0.2) is 22.7 Å². The molecule has 0 atom stereocenters. The fraction of sp³-hybridized carbons (Fsp3) is 0. The Morgan fingerprint density at radius 1 is 1.15 bits per heavy atom. The Hall–Kier alpha value is -1.36. The molecule has 1 aromatic rings. The van der Waals surface area contributed by atoms with Gasteiger partial charge in [-0.1, -0.05) is 0 Å². The van der Waals surface area contributed by atoms with Crippen LogP contribution in [0.25, 0.3) is 0 Å². The van der Waals surface area contributed by atoms with Gasteiger partial charge in [0.15, 0.2) is 0 Å². The summed E-state index contributed by atoms with van der Waals surface area (Å²) in [5.74, 6) is -1.19. The average molecular weight is 243 g/mol. The van der Waals surface area contributed by atoms with Crippen molar-refractivity contribution in [2.75, 3.05) is 0 Å². The molecule has 4 N–H and O–H groups in total. The monoisotopic (exact) mass is 242 g/mol. The van der Waals surface area contributed by atoms with Crippen molar-refractivity contribution in [3.05, 3.63) is 33.8 Å². The summed E-state index contributed by atoms with van der Waals surface area (Å²) >= 11 is 3.13. The van der Waals surface area contributed by atoms with Crippen molar-refractivity contribution in [3.63, 3.8) is 0 Å². The molecular formula is C8H7BrN2O2. The Bertz CT molecular complexity index is 376. The van der Waals surface area contributed by atoms with Crippen LogP contribution in [0.5, 0.6) is 0 Å². The van der Waals surface area contributed by atoms with E-state index in [-0.39, 0.29) is 11.1 Å². The Morgan fingerprint density at radius 2 is 1.77 bits per heavy atom. The zero-order valence-electron chi connectivity index (χ0n) is 6.58. The van der Waals surface area contributed by atoms with E-state index in [2.05, 4.69) is 15.9 Å². The number of hydrogen-bond acceptors (Lipinski definition) is 2. The molecule has 0 bridgehead atoms. The van der Waals surface area contributed by atoms with Crippen LogP contribution in [0.2, 0.25) is 0 Å². The fourth-order valence-corrected chi connectivity index (χ4v) is 1.31. The molecule has 0 unspecified atom stereocenters. The minimum atomic E-state index is -0.602. The maximum atomic E-state index is 10.8.